The Bertz CT molecular complexity index is 967. The number of para-hydroxylation sites is 1. The molecule has 0 radical (unpaired) electrons. The Labute approximate surface area is 158 Å². The highest BCUT2D eigenvalue weighted by atomic mass is 35.5. The number of nitrogens with zero attached hydrogens (tertiary/aromatic N) is 2. The molecule has 2 saturated heterocycles. The minimum Gasteiger partial charge on any atom is -0.371 e. The first kappa shape index (κ1) is 19.2. The van der Waals surface area contributed by atoms with Crippen molar-refractivity contribution in [3.05, 3.63) is 40.7 Å². The molecule has 0 bridgehead atoms. The van der Waals surface area contributed by atoms with E-state index in [0.717, 1.165) is 48.9 Å². The largest absolute Gasteiger partial charge is 0.371 e. The maximum absolute atomic E-state index is 12.0. The van der Waals surface area contributed by atoms with E-state index in [9.17, 15) is 13.2 Å². The number of rotatable bonds is 2. The summed E-state index contributed by atoms with van der Waals surface area (Å²) in [6, 6.07) is 9.46. The molecule has 2 fully saturated rings. The zero-order valence-electron chi connectivity index (χ0n) is 14.3. The van der Waals surface area contributed by atoms with E-state index in [0.29, 0.717) is 13.1 Å². The molecular formula is C17H23ClN4O3S. The van der Waals surface area contributed by atoms with Gasteiger partial charge in [0.05, 0.1) is 11.2 Å². The van der Waals surface area contributed by atoms with E-state index in [-0.39, 0.29) is 23.4 Å². The van der Waals surface area contributed by atoms with Gasteiger partial charge >= 0.3 is 0 Å². The lowest BCUT2D eigenvalue weighted by Gasteiger charge is -2.40. The number of anilines is 1. The molecule has 1 aromatic heterocycles. The van der Waals surface area contributed by atoms with Gasteiger partial charge in [-0.25, -0.2) is 5.14 Å². The highest BCUT2D eigenvalue weighted by Gasteiger charge is 2.43. The minimum atomic E-state index is -3.60. The fraction of sp³-hybridized carbons (Fsp3) is 0.471. The van der Waals surface area contributed by atoms with Gasteiger partial charge in [0.2, 0.25) is 5.56 Å². The smallest absolute Gasteiger partial charge is 0.276 e. The molecule has 0 unspecified atom stereocenters. The molecule has 26 heavy (non-hydrogen) atoms. The third-order valence-electron chi connectivity index (χ3n) is 5.66. The average Bonchev–Trinajstić information content (AvgIpc) is 2.99. The summed E-state index contributed by atoms with van der Waals surface area (Å²) < 4.78 is 24.6. The summed E-state index contributed by atoms with van der Waals surface area (Å²) in [5, 5.41) is 6.32. The van der Waals surface area contributed by atoms with Crippen molar-refractivity contribution in [3.8, 4) is 0 Å². The Balaban J connectivity index is 0.00000196. The third-order valence-corrected chi connectivity index (χ3v) is 6.69. The predicted molar refractivity (Wildman–Crippen MR) is 105 cm³/mol. The first-order valence-corrected chi connectivity index (χ1v) is 10.0. The fourth-order valence-electron chi connectivity index (χ4n) is 4.19. The molecule has 0 atom stereocenters. The minimum absolute atomic E-state index is 0. The van der Waals surface area contributed by atoms with Gasteiger partial charge in [-0.1, -0.05) is 18.2 Å². The van der Waals surface area contributed by atoms with Gasteiger partial charge in [-0.2, -0.15) is 12.7 Å². The lowest BCUT2D eigenvalue weighted by molar-refractivity contribution is 0.235. The Morgan fingerprint density at radius 2 is 1.73 bits per heavy atom. The number of aromatic amines is 1. The van der Waals surface area contributed by atoms with Crippen molar-refractivity contribution in [2.75, 3.05) is 31.1 Å². The number of nitrogens with one attached hydrogen (secondary N) is 1. The Hall–Kier alpha value is -1.61. The maximum Gasteiger partial charge on any atom is 0.276 e. The second-order valence-electron chi connectivity index (χ2n) is 7.18. The molecule has 0 saturated carbocycles. The number of pyridine rings is 1. The van der Waals surface area contributed by atoms with Gasteiger partial charge in [0.15, 0.2) is 0 Å². The number of hydrogen-bond donors (Lipinski definition) is 2. The molecule has 9 heteroatoms. The first-order valence-electron chi connectivity index (χ1n) is 8.51. The second kappa shape index (κ2) is 6.84. The van der Waals surface area contributed by atoms with Crippen molar-refractivity contribution < 1.29 is 8.42 Å². The zero-order chi connectivity index (χ0) is 17.7. The quantitative estimate of drug-likeness (QED) is 0.799. The summed E-state index contributed by atoms with van der Waals surface area (Å²) in [7, 11) is -3.60. The van der Waals surface area contributed by atoms with Crippen LogP contribution in [0.4, 0.5) is 5.69 Å². The molecule has 1 aromatic carbocycles. The number of piperidine rings is 1. The molecule has 0 amide bonds. The van der Waals surface area contributed by atoms with Crippen LogP contribution in [0.2, 0.25) is 0 Å². The maximum atomic E-state index is 12.0. The topological polar surface area (TPSA) is 99.5 Å². The summed E-state index contributed by atoms with van der Waals surface area (Å²) >= 11 is 0. The van der Waals surface area contributed by atoms with Gasteiger partial charge in [0, 0.05) is 37.6 Å². The number of benzene rings is 1. The second-order valence-corrected chi connectivity index (χ2v) is 8.73. The SMILES string of the molecule is Cl.NS(=O)(=O)N1CCC2(CCN(c3cc(=O)[nH]c4ccccc34)CC2)C1. The first-order chi connectivity index (χ1) is 11.9. The highest BCUT2D eigenvalue weighted by molar-refractivity contribution is 7.86. The van der Waals surface area contributed by atoms with Crippen molar-refractivity contribution in [3.63, 3.8) is 0 Å². The lowest BCUT2D eigenvalue weighted by Crippen LogP contribution is -2.43. The van der Waals surface area contributed by atoms with Crippen LogP contribution in [0.15, 0.2) is 35.1 Å². The zero-order valence-corrected chi connectivity index (χ0v) is 16.0. The summed E-state index contributed by atoms with van der Waals surface area (Å²) in [6.07, 6.45) is 2.66. The molecular weight excluding hydrogens is 376 g/mol. The molecule has 2 aromatic rings. The van der Waals surface area contributed by atoms with Crippen molar-refractivity contribution in [2.45, 2.75) is 19.3 Å². The molecule has 3 heterocycles. The summed E-state index contributed by atoms with van der Waals surface area (Å²) in [4.78, 5) is 17.1. The number of halogens is 1. The van der Waals surface area contributed by atoms with Crippen LogP contribution in [0.3, 0.4) is 0 Å². The van der Waals surface area contributed by atoms with Gasteiger partial charge in [-0.15, -0.1) is 12.4 Å². The monoisotopic (exact) mass is 398 g/mol. The number of hydrogen-bond acceptors (Lipinski definition) is 4. The van der Waals surface area contributed by atoms with Crippen molar-refractivity contribution in [2.24, 2.45) is 10.6 Å². The van der Waals surface area contributed by atoms with E-state index in [1.807, 2.05) is 24.3 Å². The van der Waals surface area contributed by atoms with Gasteiger partial charge < -0.3 is 9.88 Å². The van der Waals surface area contributed by atoms with Gasteiger partial charge in [-0.3, -0.25) is 4.79 Å². The van der Waals surface area contributed by atoms with Gasteiger partial charge in [0.1, 0.15) is 0 Å². The van der Waals surface area contributed by atoms with Crippen molar-refractivity contribution >= 4 is 39.2 Å². The third kappa shape index (κ3) is 3.46. The van der Waals surface area contributed by atoms with Crippen LogP contribution in [0.1, 0.15) is 19.3 Å². The molecule has 7 nitrogen and oxygen atoms in total. The van der Waals surface area contributed by atoms with Gasteiger partial charge in [-0.05, 0) is 30.7 Å². The number of fused-ring (bicyclic) bond motifs is 1. The average molecular weight is 399 g/mol. The highest BCUT2D eigenvalue weighted by Crippen LogP contribution is 2.42. The van der Waals surface area contributed by atoms with Crippen LogP contribution in [0.5, 0.6) is 0 Å². The van der Waals surface area contributed by atoms with E-state index < -0.39 is 10.2 Å². The Morgan fingerprint density at radius 1 is 1.08 bits per heavy atom. The summed E-state index contributed by atoms with van der Waals surface area (Å²) in [5.41, 5.74) is 1.71. The molecule has 4 rings (SSSR count). The van der Waals surface area contributed by atoms with Crippen LogP contribution < -0.4 is 15.6 Å². The Morgan fingerprint density at radius 3 is 2.38 bits per heavy atom. The van der Waals surface area contributed by atoms with E-state index in [2.05, 4.69) is 9.88 Å². The molecule has 2 aliphatic heterocycles. The standard InChI is InChI=1S/C17H22N4O3S.ClH/c18-25(23,24)21-10-7-17(12-21)5-8-20(9-6-17)15-11-16(22)19-14-4-2-1-3-13(14)15;/h1-4,11H,5-10,12H2,(H,19,22)(H2,18,23,24);1H. The fourth-order valence-corrected chi connectivity index (χ4v) is 4.99. The number of nitrogens with two attached hydrogens (primary N) is 1. The van der Waals surface area contributed by atoms with Crippen molar-refractivity contribution in [1.29, 1.82) is 0 Å². The predicted octanol–water partition coefficient (Wildman–Crippen LogP) is 1.45. The lowest BCUT2D eigenvalue weighted by atomic mass is 9.77. The van der Waals surface area contributed by atoms with Crippen LogP contribution >= 0.6 is 12.4 Å². The number of aromatic nitrogens is 1. The summed E-state index contributed by atoms with van der Waals surface area (Å²) in [5.74, 6) is 0. The van der Waals surface area contributed by atoms with E-state index in [1.165, 1.54) is 4.31 Å². The van der Waals surface area contributed by atoms with E-state index in [1.54, 1.807) is 6.07 Å². The normalized spacial score (nSPS) is 20.4. The molecule has 0 aliphatic carbocycles. The molecule has 2 aliphatic rings. The van der Waals surface area contributed by atoms with Crippen LogP contribution in [-0.4, -0.2) is 43.9 Å². The van der Waals surface area contributed by atoms with Crippen LogP contribution in [0.25, 0.3) is 10.9 Å². The van der Waals surface area contributed by atoms with Crippen LogP contribution in [0, 0.1) is 5.41 Å². The van der Waals surface area contributed by atoms with Crippen molar-refractivity contribution in [1.82, 2.24) is 9.29 Å². The van der Waals surface area contributed by atoms with E-state index in [4.69, 9.17) is 5.14 Å². The molecule has 142 valence electrons. The number of H-pyrrole nitrogens is 1. The Kier molecular flexibility index (Phi) is 5.04. The van der Waals surface area contributed by atoms with Crippen LogP contribution in [-0.2, 0) is 10.2 Å². The van der Waals surface area contributed by atoms with Gasteiger partial charge in [0.25, 0.3) is 10.2 Å². The van der Waals surface area contributed by atoms with E-state index >= 15 is 0 Å². The molecule has 1 spiro atoms. The summed E-state index contributed by atoms with van der Waals surface area (Å²) in [6.45, 7) is 2.64. The molecule has 3 N–H and O–H groups in total.